The lowest BCUT2D eigenvalue weighted by Crippen LogP contribution is -2.17. The maximum Gasteiger partial charge on any atom is 0.231 e. The summed E-state index contributed by atoms with van der Waals surface area (Å²) in [6, 6.07) is 5.55. The van der Waals surface area contributed by atoms with Gasteiger partial charge in [-0.1, -0.05) is 20.8 Å². The molecule has 0 saturated carbocycles. The van der Waals surface area contributed by atoms with Gasteiger partial charge < -0.3 is 14.8 Å². The molecule has 2 rings (SSSR count). The van der Waals surface area contributed by atoms with Crippen LogP contribution in [0.4, 0.5) is 5.69 Å². The van der Waals surface area contributed by atoms with Crippen molar-refractivity contribution in [2.75, 3.05) is 12.1 Å². The molecule has 0 unspecified atom stereocenters. The van der Waals surface area contributed by atoms with Crippen molar-refractivity contribution < 1.29 is 14.3 Å². The van der Waals surface area contributed by atoms with E-state index in [1.54, 1.807) is 12.3 Å². The number of benzene rings is 1. The van der Waals surface area contributed by atoms with Crippen LogP contribution in [0.3, 0.4) is 0 Å². The highest BCUT2D eigenvalue weighted by molar-refractivity contribution is 5.94. The van der Waals surface area contributed by atoms with Gasteiger partial charge in [-0.15, -0.1) is 0 Å². The Morgan fingerprint density at radius 3 is 2.72 bits per heavy atom. The van der Waals surface area contributed by atoms with Crippen LogP contribution in [0.2, 0.25) is 0 Å². The minimum atomic E-state index is -0.354. The van der Waals surface area contributed by atoms with Gasteiger partial charge in [-0.2, -0.15) is 0 Å². The van der Waals surface area contributed by atoms with Crippen molar-refractivity contribution in [3.63, 3.8) is 0 Å². The first-order valence-electron chi connectivity index (χ1n) is 5.84. The van der Waals surface area contributed by atoms with Crippen molar-refractivity contribution in [3.05, 3.63) is 30.5 Å². The third-order valence-corrected chi connectivity index (χ3v) is 2.60. The first kappa shape index (κ1) is 12.5. The maximum absolute atomic E-state index is 11.7. The molecule has 0 atom stereocenters. The number of carbonyl (C=O) groups is 1. The van der Waals surface area contributed by atoms with E-state index in [0.717, 1.165) is 17.2 Å². The second kappa shape index (κ2) is 4.72. The molecule has 0 bridgehead atoms. The predicted octanol–water partition coefficient (Wildman–Crippen LogP) is 2.96. The van der Waals surface area contributed by atoms with Gasteiger partial charge in [0.05, 0.1) is 0 Å². The number of anilines is 1. The Kier molecular flexibility index (Phi) is 3.28. The normalized spacial score (nSPS) is 13.9. The fourth-order valence-electron chi connectivity index (χ4n) is 1.45. The SMILES string of the molecule is CC(C)(C)C(=O)C=CNc1ccc2c(c1)OCO2. The summed E-state index contributed by atoms with van der Waals surface area (Å²) in [7, 11) is 0. The van der Waals surface area contributed by atoms with E-state index in [9.17, 15) is 4.79 Å². The highest BCUT2D eigenvalue weighted by Gasteiger charge is 2.18. The van der Waals surface area contributed by atoms with E-state index in [2.05, 4.69) is 5.32 Å². The molecule has 0 fully saturated rings. The Balaban J connectivity index is 1.99. The average Bonchev–Trinajstić information content (AvgIpc) is 2.74. The monoisotopic (exact) mass is 247 g/mol. The average molecular weight is 247 g/mol. The van der Waals surface area contributed by atoms with Crippen LogP contribution in [0.1, 0.15) is 20.8 Å². The summed E-state index contributed by atoms with van der Waals surface area (Å²) >= 11 is 0. The predicted molar refractivity (Wildman–Crippen MR) is 69.8 cm³/mol. The molecule has 0 aromatic heterocycles. The highest BCUT2D eigenvalue weighted by atomic mass is 16.7. The van der Waals surface area contributed by atoms with Crippen LogP contribution in [0.15, 0.2) is 30.5 Å². The Morgan fingerprint density at radius 1 is 1.28 bits per heavy atom. The van der Waals surface area contributed by atoms with E-state index < -0.39 is 0 Å². The molecule has 96 valence electrons. The topological polar surface area (TPSA) is 47.6 Å². The van der Waals surface area contributed by atoms with Gasteiger partial charge in [-0.05, 0) is 18.2 Å². The number of nitrogens with one attached hydrogen (secondary N) is 1. The fraction of sp³-hybridized carbons (Fsp3) is 0.357. The van der Waals surface area contributed by atoms with Crippen LogP contribution >= 0.6 is 0 Å². The first-order chi connectivity index (χ1) is 8.47. The van der Waals surface area contributed by atoms with E-state index >= 15 is 0 Å². The van der Waals surface area contributed by atoms with Gasteiger partial charge in [0, 0.05) is 23.4 Å². The molecule has 0 amide bonds. The zero-order valence-electron chi connectivity index (χ0n) is 10.8. The first-order valence-corrected chi connectivity index (χ1v) is 5.84. The van der Waals surface area contributed by atoms with Crippen LogP contribution in [-0.2, 0) is 4.79 Å². The Hall–Kier alpha value is -1.97. The Labute approximate surface area is 107 Å². The molecular weight excluding hydrogens is 230 g/mol. The minimum absolute atomic E-state index is 0.0794. The summed E-state index contributed by atoms with van der Waals surface area (Å²) in [6.45, 7) is 5.93. The second-order valence-corrected chi connectivity index (χ2v) is 5.16. The number of carbonyl (C=O) groups excluding carboxylic acids is 1. The van der Waals surface area contributed by atoms with Crippen LogP contribution in [-0.4, -0.2) is 12.6 Å². The van der Waals surface area contributed by atoms with E-state index in [-0.39, 0.29) is 18.0 Å². The van der Waals surface area contributed by atoms with E-state index in [4.69, 9.17) is 9.47 Å². The number of fused-ring (bicyclic) bond motifs is 1. The fourth-order valence-corrected chi connectivity index (χ4v) is 1.45. The molecule has 0 saturated heterocycles. The van der Waals surface area contributed by atoms with Crippen molar-refractivity contribution in [1.82, 2.24) is 0 Å². The molecule has 0 aliphatic carbocycles. The van der Waals surface area contributed by atoms with Crippen LogP contribution in [0.5, 0.6) is 11.5 Å². The van der Waals surface area contributed by atoms with Gasteiger partial charge in [0.1, 0.15) is 0 Å². The van der Waals surface area contributed by atoms with Crippen LogP contribution < -0.4 is 14.8 Å². The van der Waals surface area contributed by atoms with Crippen molar-refractivity contribution in [3.8, 4) is 11.5 Å². The number of ether oxygens (including phenoxy) is 2. The molecule has 1 aliphatic heterocycles. The van der Waals surface area contributed by atoms with E-state index in [1.807, 2.05) is 39.0 Å². The third kappa shape index (κ3) is 2.83. The van der Waals surface area contributed by atoms with Gasteiger partial charge in [0.25, 0.3) is 0 Å². The smallest absolute Gasteiger partial charge is 0.231 e. The minimum Gasteiger partial charge on any atom is -0.454 e. The molecule has 4 heteroatoms. The molecule has 1 N–H and O–H groups in total. The summed E-state index contributed by atoms with van der Waals surface area (Å²) in [5, 5.41) is 3.04. The van der Waals surface area contributed by atoms with Gasteiger partial charge in [0.2, 0.25) is 6.79 Å². The summed E-state index contributed by atoms with van der Waals surface area (Å²) in [6.07, 6.45) is 3.19. The van der Waals surface area contributed by atoms with Gasteiger partial charge in [-0.3, -0.25) is 4.79 Å². The molecule has 0 radical (unpaired) electrons. The second-order valence-electron chi connectivity index (χ2n) is 5.16. The number of allylic oxidation sites excluding steroid dienone is 1. The summed E-state index contributed by atoms with van der Waals surface area (Å²) in [5.74, 6) is 1.54. The molecular formula is C14H17NO3. The third-order valence-electron chi connectivity index (χ3n) is 2.60. The highest BCUT2D eigenvalue weighted by Crippen LogP contribution is 2.34. The molecule has 1 aromatic carbocycles. The molecule has 1 aromatic rings. The number of ketones is 1. The van der Waals surface area contributed by atoms with Gasteiger partial charge in [0.15, 0.2) is 17.3 Å². The number of hydrogen-bond donors (Lipinski definition) is 1. The molecule has 18 heavy (non-hydrogen) atoms. The Bertz CT molecular complexity index is 486. The molecule has 1 aliphatic rings. The standard InChI is InChI=1S/C14H17NO3/c1-14(2,3)13(16)6-7-15-10-4-5-11-12(8-10)18-9-17-11/h4-8,15H,9H2,1-3H3. The lowest BCUT2D eigenvalue weighted by atomic mass is 9.91. The zero-order chi connectivity index (χ0) is 13.2. The van der Waals surface area contributed by atoms with Gasteiger partial charge in [-0.25, -0.2) is 0 Å². The summed E-state index contributed by atoms with van der Waals surface area (Å²) < 4.78 is 10.5. The molecule has 1 heterocycles. The zero-order valence-corrected chi connectivity index (χ0v) is 10.8. The maximum atomic E-state index is 11.7. The van der Waals surface area contributed by atoms with Crippen molar-refractivity contribution in [2.45, 2.75) is 20.8 Å². The van der Waals surface area contributed by atoms with Crippen LogP contribution in [0.25, 0.3) is 0 Å². The van der Waals surface area contributed by atoms with Gasteiger partial charge >= 0.3 is 0 Å². The van der Waals surface area contributed by atoms with E-state index in [0.29, 0.717) is 0 Å². The van der Waals surface area contributed by atoms with Crippen LogP contribution in [0, 0.1) is 5.41 Å². The molecule has 0 spiro atoms. The van der Waals surface area contributed by atoms with Crippen molar-refractivity contribution in [1.29, 1.82) is 0 Å². The Morgan fingerprint density at radius 2 is 2.00 bits per heavy atom. The summed E-state index contributed by atoms with van der Waals surface area (Å²) in [5.41, 5.74) is 0.504. The lowest BCUT2D eigenvalue weighted by molar-refractivity contribution is -0.121. The van der Waals surface area contributed by atoms with Crippen molar-refractivity contribution >= 4 is 11.5 Å². The summed E-state index contributed by atoms with van der Waals surface area (Å²) in [4.78, 5) is 11.7. The number of hydrogen-bond acceptors (Lipinski definition) is 4. The lowest BCUT2D eigenvalue weighted by Gasteiger charge is -2.13. The quantitative estimate of drug-likeness (QED) is 0.834. The van der Waals surface area contributed by atoms with Crippen molar-refractivity contribution in [2.24, 2.45) is 5.41 Å². The van der Waals surface area contributed by atoms with E-state index in [1.165, 1.54) is 0 Å². The number of rotatable bonds is 3. The largest absolute Gasteiger partial charge is 0.454 e. The molecule has 4 nitrogen and oxygen atoms in total.